The quantitative estimate of drug-likeness (QED) is 0.702. The van der Waals surface area contributed by atoms with Gasteiger partial charge < -0.3 is 15.4 Å². The maximum Gasteiger partial charge on any atom is 0.253 e. The van der Waals surface area contributed by atoms with Crippen molar-refractivity contribution in [2.24, 2.45) is 5.73 Å². The molecule has 2 unspecified atom stereocenters. The van der Waals surface area contributed by atoms with E-state index in [1.165, 1.54) is 17.0 Å². The van der Waals surface area contributed by atoms with Crippen LogP contribution in [0, 0.1) is 5.82 Å². The Morgan fingerprint density at radius 2 is 1.65 bits per heavy atom. The number of carbonyl (C=O) groups is 1. The summed E-state index contributed by atoms with van der Waals surface area (Å²) in [6.07, 6.45) is 4.98. The number of fused-ring (bicyclic) bond motifs is 1. The van der Waals surface area contributed by atoms with Crippen LogP contribution in [0.25, 0.3) is 11.1 Å². The summed E-state index contributed by atoms with van der Waals surface area (Å²) in [7, 11) is 0. The van der Waals surface area contributed by atoms with E-state index in [2.05, 4.69) is 0 Å². The fourth-order valence-electron chi connectivity index (χ4n) is 4.63. The van der Waals surface area contributed by atoms with Crippen molar-refractivity contribution in [3.05, 3.63) is 94.8 Å². The topological polar surface area (TPSA) is 55.6 Å². The number of ether oxygens (including phenoxy) is 1. The van der Waals surface area contributed by atoms with Gasteiger partial charge in [-0.1, -0.05) is 24.3 Å². The summed E-state index contributed by atoms with van der Waals surface area (Å²) in [4.78, 5) is 14.3. The summed E-state index contributed by atoms with van der Waals surface area (Å²) in [5.74, 6) is -3.24. The van der Waals surface area contributed by atoms with Gasteiger partial charge in [-0.3, -0.25) is 4.79 Å². The standard InChI is InChI=1S/C27H25F3N2O2/c28-22-7-5-18(6-8-22)24-15-20(13-21-14-23(16-31)34-25(21)24)17-1-3-19(4-2-17)26(33)32-11-9-27(29,30)10-12-32/h1-8,13-15,23,25H,9-12,16,31H2. The number of carbonyl (C=O) groups excluding carboxylic acids is 1. The van der Waals surface area contributed by atoms with Gasteiger partial charge in [0.05, 0.1) is 6.10 Å². The van der Waals surface area contributed by atoms with E-state index in [9.17, 15) is 18.0 Å². The van der Waals surface area contributed by atoms with Crippen LogP contribution < -0.4 is 5.73 Å². The molecule has 34 heavy (non-hydrogen) atoms. The minimum atomic E-state index is -2.69. The van der Waals surface area contributed by atoms with Gasteiger partial charge in [-0.05, 0) is 70.3 Å². The van der Waals surface area contributed by atoms with E-state index in [1.54, 1.807) is 24.3 Å². The molecule has 176 valence electrons. The SMILES string of the molecule is NCC1C=C2C=C(c3ccc(C(=O)N4CCC(F)(F)CC4)cc3)C=C(c3ccc(F)cc3)C2O1. The van der Waals surface area contributed by atoms with Crippen molar-refractivity contribution in [3.63, 3.8) is 0 Å². The van der Waals surface area contributed by atoms with Crippen molar-refractivity contribution in [1.29, 1.82) is 0 Å². The molecule has 1 saturated heterocycles. The molecule has 0 saturated carbocycles. The summed E-state index contributed by atoms with van der Waals surface area (Å²) in [6, 6.07) is 13.5. The zero-order valence-electron chi connectivity index (χ0n) is 18.5. The average molecular weight is 467 g/mol. The molecule has 2 heterocycles. The largest absolute Gasteiger partial charge is 0.360 e. The summed E-state index contributed by atoms with van der Waals surface area (Å²) >= 11 is 0. The highest BCUT2D eigenvalue weighted by molar-refractivity contribution is 5.96. The number of hydrogen-bond acceptors (Lipinski definition) is 3. The third kappa shape index (κ3) is 4.45. The first-order valence-corrected chi connectivity index (χ1v) is 11.4. The zero-order chi connectivity index (χ0) is 23.9. The van der Waals surface area contributed by atoms with Crippen molar-refractivity contribution < 1.29 is 22.7 Å². The number of nitrogens with zero attached hydrogens (tertiary/aromatic N) is 1. The first-order valence-electron chi connectivity index (χ1n) is 11.4. The third-order valence-corrected chi connectivity index (χ3v) is 6.56. The number of hydrogen-bond donors (Lipinski definition) is 1. The molecule has 0 aromatic heterocycles. The van der Waals surface area contributed by atoms with Gasteiger partial charge in [0.1, 0.15) is 11.9 Å². The number of rotatable bonds is 4. The number of likely N-dealkylation sites (tertiary alicyclic amines) is 1. The monoisotopic (exact) mass is 466 g/mol. The third-order valence-electron chi connectivity index (χ3n) is 6.56. The molecule has 2 N–H and O–H groups in total. The second kappa shape index (κ2) is 8.89. The fourth-order valence-corrected chi connectivity index (χ4v) is 4.63. The van der Waals surface area contributed by atoms with Crippen LogP contribution >= 0.6 is 0 Å². The van der Waals surface area contributed by atoms with Crippen LogP contribution in [0.1, 0.15) is 34.3 Å². The Labute approximate surface area is 196 Å². The van der Waals surface area contributed by atoms with Gasteiger partial charge in [0.15, 0.2) is 0 Å². The smallest absolute Gasteiger partial charge is 0.253 e. The Morgan fingerprint density at radius 1 is 1.00 bits per heavy atom. The minimum Gasteiger partial charge on any atom is -0.360 e. The summed E-state index contributed by atoms with van der Waals surface area (Å²) in [5, 5.41) is 0. The molecule has 2 aromatic carbocycles. The molecule has 2 aromatic rings. The first-order chi connectivity index (χ1) is 16.3. The predicted octanol–water partition coefficient (Wildman–Crippen LogP) is 4.83. The van der Waals surface area contributed by atoms with E-state index >= 15 is 0 Å². The van der Waals surface area contributed by atoms with Gasteiger partial charge in [0, 0.05) is 38.0 Å². The number of piperidine rings is 1. The van der Waals surface area contributed by atoms with Crippen molar-refractivity contribution in [2.45, 2.75) is 31.0 Å². The van der Waals surface area contributed by atoms with E-state index in [0.717, 1.165) is 27.8 Å². The maximum atomic E-state index is 13.5. The van der Waals surface area contributed by atoms with Crippen LogP contribution in [0.5, 0.6) is 0 Å². The molecular formula is C27H25F3N2O2. The molecule has 1 fully saturated rings. The Balaban J connectivity index is 1.42. The molecule has 1 aliphatic carbocycles. The van der Waals surface area contributed by atoms with E-state index < -0.39 is 5.92 Å². The lowest BCUT2D eigenvalue weighted by molar-refractivity contribution is -0.0494. The van der Waals surface area contributed by atoms with Crippen molar-refractivity contribution in [2.75, 3.05) is 19.6 Å². The van der Waals surface area contributed by atoms with Crippen molar-refractivity contribution >= 4 is 17.1 Å². The zero-order valence-corrected chi connectivity index (χ0v) is 18.5. The van der Waals surface area contributed by atoms with Gasteiger partial charge in [-0.25, -0.2) is 13.2 Å². The molecule has 1 amide bonds. The lowest BCUT2D eigenvalue weighted by Crippen LogP contribution is -2.42. The van der Waals surface area contributed by atoms with Crippen LogP contribution in [0.3, 0.4) is 0 Å². The minimum absolute atomic E-state index is 0.0559. The molecule has 7 heteroatoms. The highest BCUT2D eigenvalue weighted by atomic mass is 19.3. The van der Waals surface area contributed by atoms with Gasteiger partial charge in [-0.2, -0.15) is 0 Å². The predicted molar refractivity (Wildman–Crippen MR) is 125 cm³/mol. The van der Waals surface area contributed by atoms with Crippen molar-refractivity contribution in [3.8, 4) is 0 Å². The molecule has 0 radical (unpaired) electrons. The van der Waals surface area contributed by atoms with Gasteiger partial charge in [-0.15, -0.1) is 0 Å². The van der Waals surface area contributed by atoms with E-state index in [-0.39, 0.29) is 49.9 Å². The van der Waals surface area contributed by atoms with Crippen LogP contribution in [-0.4, -0.2) is 48.6 Å². The molecule has 0 spiro atoms. The Bertz CT molecular complexity index is 1170. The lowest BCUT2D eigenvalue weighted by Gasteiger charge is -2.31. The molecular weight excluding hydrogens is 441 g/mol. The highest BCUT2D eigenvalue weighted by Gasteiger charge is 2.36. The number of nitrogens with two attached hydrogens (primary N) is 1. The molecule has 2 atom stereocenters. The number of alkyl halides is 2. The number of halogens is 3. The Morgan fingerprint density at radius 3 is 2.29 bits per heavy atom. The summed E-state index contributed by atoms with van der Waals surface area (Å²) < 4.78 is 46.5. The molecule has 5 rings (SSSR count). The van der Waals surface area contributed by atoms with Crippen molar-refractivity contribution in [1.82, 2.24) is 4.90 Å². The number of benzene rings is 2. The van der Waals surface area contributed by atoms with Crippen LogP contribution in [-0.2, 0) is 4.74 Å². The van der Waals surface area contributed by atoms with E-state index in [1.807, 2.05) is 30.4 Å². The Hall–Kier alpha value is -3.16. The number of amides is 1. The molecule has 3 aliphatic rings. The average Bonchev–Trinajstić information content (AvgIpc) is 3.27. The number of allylic oxidation sites excluding steroid dienone is 2. The summed E-state index contributed by atoms with van der Waals surface area (Å²) in [5.41, 5.74) is 10.9. The lowest BCUT2D eigenvalue weighted by atomic mass is 9.86. The summed E-state index contributed by atoms with van der Waals surface area (Å²) in [6.45, 7) is 0.472. The molecule has 4 nitrogen and oxygen atoms in total. The second-order valence-corrected chi connectivity index (χ2v) is 8.89. The van der Waals surface area contributed by atoms with E-state index in [4.69, 9.17) is 10.5 Å². The fraction of sp³-hybridized carbons (Fsp3) is 0.296. The molecule has 0 bridgehead atoms. The highest BCUT2D eigenvalue weighted by Crippen LogP contribution is 2.39. The Kier molecular flexibility index (Phi) is 5.91. The van der Waals surface area contributed by atoms with E-state index in [0.29, 0.717) is 12.1 Å². The first kappa shape index (κ1) is 22.6. The second-order valence-electron chi connectivity index (χ2n) is 8.89. The van der Waals surface area contributed by atoms with Gasteiger partial charge >= 0.3 is 0 Å². The maximum absolute atomic E-state index is 13.5. The molecule has 2 aliphatic heterocycles. The van der Waals surface area contributed by atoms with Crippen LogP contribution in [0.2, 0.25) is 0 Å². The van der Waals surface area contributed by atoms with Gasteiger partial charge in [0.2, 0.25) is 0 Å². The van der Waals surface area contributed by atoms with Crippen LogP contribution in [0.15, 0.2) is 72.3 Å². The van der Waals surface area contributed by atoms with Gasteiger partial charge in [0.25, 0.3) is 11.8 Å². The van der Waals surface area contributed by atoms with Crippen LogP contribution in [0.4, 0.5) is 13.2 Å². The normalized spacial score (nSPS) is 23.6.